The summed E-state index contributed by atoms with van der Waals surface area (Å²) in [6.45, 7) is 1.83. The Morgan fingerprint density at radius 2 is 2.23 bits per heavy atom. The van der Waals surface area contributed by atoms with Crippen molar-refractivity contribution in [2.45, 2.75) is 38.3 Å². The second kappa shape index (κ2) is 7.22. The van der Waals surface area contributed by atoms with Crippen LogP contribution in [0.25, 0.3) is 0 Å². The molecule has 2 unspecified atom stereocenters. The van der Waals surface area contributed by atoms with Gasteiger partial charge in [0.25, 0.3) is 5.69 Å². The van der Waals surface area contributed by atoms with E-state index in [0.29, 0.717) is 5.69 Å². The SMILES string of the molecule is CCOC(=O)c1cc(NC2CCC(OC)C2)ccc1[N+](=O)[O-]. The van der Waals surface area contributed by atoms with Crippen LogP contribution in [0.4, 0.5) is 11.4 Å². The quantitative estimate of drug-likeness (QED) is 0.493. The molecule has 7 nitrogen and oxygen atoms in total. The summed E-state index contributed by atoms with van der Waals surface area (Å²) < 4.78 is 10.2. The molecule has 0 heterocycles. The molecular weight excluding hydrogens is 288 g/mol. The van der Waals surface area contributed by atoms with Crippen LogP contribution in [0.1, 0.15) is 36.5 Å². The van der Waals surface area contributed by atoms with Crippen molar-refractivity contribution in [3.8, 4) is 0 Å². The first-order valence-corrected chi connectivity index (χ1v) is 7.30. The van der Waals surface area contributed by atoms with Gasteiger partial charge in [0.2, 0.25) is 0 Å². The molecule has 0 amide bonds. The molecule has 0 spiro atoms. The number of nitro groups is 1. The number of ether oxygens (including phenoxy) is 2. The number of hydrogen-bond acceptors (Lipinski definition) is 6. The van der Waals surface area contributed by atoms with Crippen molar-refractivity contribution >= 4 is 17.3 Å². The Kier molecular flexibility index (Phi) is 5.32. The summed E-state index contributed by atoms with van der Waals surface area (Å²) in [6, 6.07) is 4.66. The molecule has 0 radical (unpaired) electrons. The summed E-state index contributed by atoms with van der Waals surface area (Å²) in [7, 11) is 1.69. The molecule has 0 aromatic heterocycles. The first-order chi connectivity index (χ1) is 10.5. The number of nitrogens with zero attached hydrogens (tertiary/aromatic N) is 1. The molecule has 0 bridgehead atoms. The predicted molar refractivity (Wildman–Crippen MR) is 81.1 cm³/mol. The fourth-order valence-electron chi connectivity index (χ4n) is 2.68. The molecule has 120 valence electrons. The van der Waals surface area contributed by atoms with Crippen molar-refractivity contribution in [1.82, 2.24) is 0 Å². The van der Waals surface area contributed by atoms with E-state index in [2.05, 4.69) is 5.32 Å². The van der Waals surface area contributed by atoms with Gasteiger partial charge in [0.15, 0.2) is 0 Å². The van der Waals surface area contributed by atoms with E-state index in [0.717, 1.165) is 19.3 Å². The molecule has 1 aliphatic carbocycles. The number of nitrogens with one attached hydrogen (secondary N) is 1. The highest BCUT2D eigenvalue weighted by molar-refractivity contribution is 5.95. The van der Waals surface area contributed by atoms with Gasteiger partial charge >= 0.3 is 5.97 Å². The summed E-state index contributed by atoms with van der Waals surface area (Å²) in [6.07, 6.45) is 3.05. The number of nitro benzene ring substituents is 1. The van der Waals surface area contributed by atoms with Crippen LogP contribution in [-0.2, 0) is 9.47 Å². The minimum Gasteiger partial charge on any atom is -0.462 e. The van der Waals surface area contributed by atoms with Crippen LogP contribution >= 0.6 is 0 Å². The van der Waals surface area contributed by atoms with E-state index < -0.39 is 10.9 Å². The lowest BCUT2D eigenvalue weighted by Crippen LogP contribution is -2.18. The molecule has 22 heavy (non-hydrogen) atoms. The van der Waals surface area contributed by atoms with E-state index in [-0.39, 0.29) is 30.0 Å². The average Bonchev–Trinajstić information content (AvgIpc) is 2.94. The number of rotatable bonds is 6. The van der Waals surface area contributed by atoms with Crippen molar-refractivity contribution in [3.05, 3.63) is 33.9 Å². The molecule has 0 aliphatic heterocycles. The molecule has 1 saturated carbocycles. The number of esters is 1. The number of anilines is 1. The van der Waals surface area contributed by atoms with Crippen LogP contribution in [0.3, 0.4) is 0 Å². The van der Waals surface area contributed by atoms with E-state index in [1.165, 1.54) is 12.1 Å². The summed E-state index contributed by atoms with van der Waals surface area (Å²) in [5.74, 6) is -0.681. The first kappa shape index (κ1) is 16.2. The molecule has 1 fully saturated rings. The Balaban J connectivity index is 2.17. The minimum absolute atomic E-state index is 0.0295. The number of hydrogen-bond donors (Lipinski definition) is 1. The zero-order valence-electron chi connectivity index (χ0n) is 12.7. The monoisotopic (exact) mass is 308 g/mol. The highest BCUT2D eigenvalue weighted by Gasteiger charge is 2.26. The Hall–Kier alpha value is -2.15. The summed E-state index contributed by atoms with van der Waals surface area (Å²) in [4.78, 5) is 22.3. The van der Waals surface area contributed by atoms with Crippen LogP contribution in [0, 0.1) is 10.1 Å². The van der Waals surface area contributed by atoms with E-state index in [1.807, 2.05) is 0 Å². The standard InChI is InChI=1S/C15H20N2O5/c1-3-22-15(18)13-9-11(5-7-14(13)17(19)20)16-10-4-6-12(8-10)21-2/h5,7,9-10,12,16H,3-4,6,8H2,1-2H3. The lowest BCUT2D eigenvalue weighted by molar-refractivity contribution is -0.385. The van der Waals surface area contributed by atoms with Crippen molar-refractivity contribution in [2.75, 3.05) is 19.0 Å². The van der Waals surface area contributed by atoms with Crippen molar-refractivity contribution in [1.29, 1.82) is 0 Å². The van der Waals surface area contributed by atoms with Gasteiger partial charge in [-0.1, -0.05) is 0 Å². The third kappa shape index (κ3) is 3.73. The maximum absolute atomic E-state index is 11.9. The van der Waals surface area contributed by atoms with Crippen LogP contribution in [0.15, 0.2) is 18.2 Å². The molecule has 2 rings (SSSR count). The Morgan fingerprint density at radius 3 is 2.82 bits per heavy atom. The zero-order valence-corrected chi connectivity index (χ0v) is 12.7. The highest BCUT2D eigenvalue weighted by Crippen LogP contribution is 2.28. The van der Waals surface area contributed by atoms with Gasteiger partial charge in [-0.2, -0.15) is 0 Å². The maximum Gasteiger partial charge on any atom is 0.345 e. The fraction of sp³-hybridized carbons (Fsp3) is 0.533. The lowest BCUT2D eigenvalue weighted by atomic mass is 10.1. The van der Waals surface area contributed by atoms with E-state index in [9.17, 15) is 14.9 Å². The van der Waals surface area contributed by atoms with Gasteiger partial charge < -0.3 is 14.8 Å². The van der Waals surface area contributed by atoms with Gasteiger partial charge in [-0.05, 0) is 38.3 Å². The topological polar surface area (TPSA) is 90.7 Å². The molecular formula is C15H20N2O5. The molecule has 7 heteroatoms. The van der Waals surface area contributed by atoms with Gasteiger partial charge in [-0.15, -0.1) is 0 Å². The van der Waals surface area contributed by atoms with Crippen molar-refractivity contribution in [2.24, 2.45) is 0 Å². The van der Waals surface area contributed by atoms with Gasteiger partial charge in [-0.25, -0.2) is 4.79 Å². The molecule has 2 atom stereocenters. The number of carbonyl (C=O) groups excluding carboxylic acids is 1. The molecule has 1 aromatic rings. The molecule has 1 N–H and O–H groups in total. The number of benzene rings is 1. The summed E-state index contributed by atoms with van der Waals surface area (Å²) in [5.41, 5.74) is 0.402. The minimum atomic E-state index is -0.681. The van der Waals surface area contributed by atoms with Gasteiger partial charge in [0, 0.05) is 24.9 Å². The maximum atomic E-state index is 11.9. The Bertz CT molecular complexity index is 561. The van der Waals surface area contributed by atoms with Crippen LogP contribution in [-0.4, -0.2) is 36.8 Å². The summed E-state index contributed by atoms with van der Waals surface area (Å²) >= 11 is 0. The second-order valence-electron chi connectivity index (χ2n) is 5.22. The van der Waals surface area contributed by atoms with Gasteiger partial charge in [-0.3, -0.25) is 10.1 Å². The van der Waals surface area contributed by atoms with Crippen LogP contribution in [0.2, 0.25) is 0 Å². The average molecular weight is 308 g/mol. The lowest BCUT2D eigenvalue weighted by Gasteiger charge is -2.15. The van der Waals surface area contributed by atoms with E-state index in [1.54, 1.807) is 20.1 Å². The Morgan fingerprint density at radius 1 is 1.45 bits per heavy atom. The largest absolute Gasteiger partial charge is 0.462 e. The third-order valence-corrected chi connectivity index (χ3v) is 3.78. The number of carbonyl (C=O) groups is 1. The van der Waals surface area contributed by atoms with Gasteiger partial charge in [0.05, 0.1) is 17.6 Å². The smallest absolute Gasteiger partial charge is 0.345 e. The number of methoxy groups -OCH3 is 1. The normalized spacial score (nSPS) is 20.6. The van der Waals surface area contributed by atoms with Crippen LogP contribution in [0.5, 0.6) is 0 Å². The van der Waals surface area contributed by atoms with Gasteiger partial charge in [0.1, 0.15) is 5.56 Å². The fourth-order valence-corrected chi connectivity index (χ4v) is 2.68. The zero-order chi connectivity index (χ0) is 16.1. The highest BCUT2D eigenvalue weighted by atomic mass is 16.6. The first-order valence-electron chi connectivity index (χ1n) is 7.30. The van der Waals surface area contributed by atoms with Crippen molar-refractivity contribution < 1.29 is 19.2 Å². The summed E-state index contributed by atoms with van der Waals surface area (Å²) in [5, 5.41) is 14.3. The molecule has 0 saturated heterocycles. The van der Waals surface area contributed by atoms with Crippen molar-refractivity contribution in [3.63, 3.8) is 0 Å². The molecule has 1 aromatic carbocycles. The molecule has 1 aliphatic rings. The predicted octanol–water partition coefficient (Wildman–Crippen LogP) is 2.75. The third-order valence-electron chi connectivity index (χ3n) is 3.78. The van der Waals surface area contributed by atoms with E-state index in [4.69, 9.17) is 9.47 Å². The van der Waals surface area contributed by atoms with Crippen LogP contribution < -0.4 is 5.32 Å². The van der Waals surface area contributed by atoms with E-state index >= 15 is 0 Å². The Labute approximate surface area is 128 Å². The second-order valence-corrected chi connectivity index (χ2v) is 5.22.